The molecule has 5 saturated carbocycles. The molecule has 5 fully saturated rings. The van der Waals surface area contributed by atoms with E-state index in [1.807, 2.05) is 75.4 Å². The molecule has 5 atom stereocenters. The summed E-state index contributed by atoms with van der Waals surface area (Å²) in [6.45, 7) is -0.0372. The second-order valence-electron chi connectivity index (χ2n) is 34.9. The number of aromatic nitrogens is 7. The van der Waals surface area contributed by atoms with Crippen molar-refractivity contribution < 1.29 is 44.7 Å². The van der Waals surface area contributed by atoms with Crippen LogP contribution in [0.25, 0.3) is 22.5 Å². The molecule has 33 nitrogen and oxygen atoms in total. The van der Waals surface area contributed by atoms with Gasteiger partial charge in [-0.15, -0.1) is 96.3 Å². The third kappa shape index (κ3) is 32.3. The van der Waals surface area contributed by atoms with Gasteiger partial charge in [0.15, 0.2) is 26.3 Å². The van der Waals surface area contributed by atoms with Crippen LogP contribution >= 0.6 is 137 Å². The molecule has 5 aliphatic carbocycles. The van der Waals surface area contributed by atoms with Gasteiger partial charge in [0.25, 0.3) is 28.4 Å². The number of thiocarbonyl (C=S) groups is 2. The molecule has 0 saturated heterocycles. The molecule has 20 rings (SSSR count). The number of nitro benzene ring substituents is 5. The van der Waals surface area contributed by atoms with Crippen molar-refractivity contribution in [2.75, 3.05) is 16.0 Å². The predicted octanol–water partition coefficient (Wildman–Crippen LogP) is 23.5. The SMILES string of the molecule is Br.NC(=S)N[C@@H](Cc1ccc([N+](=O)[O-])cc1)c1csc(C2CC2)n1.NC(=S)N[C@@H](Cc1ccc([N+](=O)[O-])cc1)c1csc(C2CC2)n1.N[C@@H](Cc1ccc([N+](=O)[O-])cc1)c1csc(C2CC2)n1.O=C(CBr)c1cccc(CO)c1.O=[N+]([O-])c1ccc(C[C@H](Nc2nc(-c3cccc(CO)c3)cs2)c2csc(C3CC3)n2)cc1.O=[N+]([O-])c1ccc(C[C@H](Nc2nc(-c3cccc(CO)c3)cs2)c2csc(C3CC3)n2)cc1. The summed E-state index contributed by atoms with van der Waals surface area (Å²) in [5.74, 6) is 3.09. The summed E-state index contributed by atoms with van der Waals surface area (Å²) in [6.07, 6.45) is 15.3. The van der Waals surface area contributed by atoms with Crippen LogP contribution < -0.4 is 38.5 Å². The van der Waals surface area contributed by atoms with E-state index in [1.54, 1.807) is 166 Å². The van der Waals surface area contributed by atoms with Crippen molar-refractivity contribution in [3.05, 3.63) is 386 Å². The second-order valence-corrected chi connectivity index (χ2v) is 42.5. The Bertz CT molecular complexity index is 6610. The number of nitro groups is 5. The first kappa shape index (κ1) is 108. The lowest BCUT2D eigenvalue weighted by atomic mass is 10.0. The number of hydrogen-bond donors (Lipinski definition) is 10. The number of Topliss-reactive ketones (excluding diaryl/α,β-unsaturated/α-hetero) is 1. The summed E-state index contributed by atoms with van der Waals surface area (Å²) in [7, 11) is 0. The zero-order valence-corrected chi connectivity index (χ0v) is 88.3. The number of rotatable bonds is 38. The highest BCUT2D eigenvalue weighted by atomic mass is 79.9. The number of aliphatic hydroxyl groups is 3. The summed E-state index contributed by atoms with van der Waals surface area (Å²) in [5, 5.41) is 117. The molecule has 0 radical (unpaired) electrons. The number of carbonyl (C=O) groups excluding carboxylic acids is 1. The van der Waals surface area contributed by atoms with Gasteiger partial charge in [-0.1, -0.05) is 131 Å². The monoisotopic (exact) mass is 2250 g/mol. The predicted molar refractivity (Wildman–Crippen MR) is 587 cm³/mol. The van der Waals surface area contributed by atoms with Gasteiger partial charge in [-0.3, -0.25) is 55.4 Å². The molecule has 7 aromatic heterocycles. The lowest BCUT2D eigenvalue weighted by Crippen LogP contribution is -2.34. The molecule has 145 heavy (non-hydrogen) atoms. The van der Waals surface area contributed by atoms with E-state index < -0.39 is 14.8 Å². The molecule has 0 unspecified atom stereocenters. The van der Waals surface area contributed by atoms with Crippen LogP contribution in [0.1, 0.15) is 232 Å². The van der Waals surface area contributed by atoms with E-state index in [4.69, 9.17) is 76.6 Å². The number of anilines is 2. The summed E-state index contributed by atoms with van der Waals surface area (Å²) in [5.41, 5.74) is 34.2. The highest BCUT2D eigenvalue weighted by Crippen LogP contribution is 2.47. The van der Waals surface area contributed by atoms with Crippen LogP contribution in [-0.4, -0.2) is 96.2 Å². The van der Waals surface area contributed by atoms with E-state index >= 15 is 0 Å². The third-order valence-corrected chi connectivity index (χ3v) is 31.1. The van der Waals surface area contributed by atoms with E-state index in [0.29, 0.717) is 72.6 Å². The summed E-state index contributed by atoms with van der Waals surface area (Å²) in [6, 6.07) is 54.7. The topological polar surface area (TPSA) is 510 Å². The van der Waals surface area contributed by atoms with Gasteiger partial charge in [-0.2, -0.15) is 0 Å². The zero-order valence-electron chi connectivity index (χ0n) is 77.6. The molecule has 0 spiro atoms. The Morgan fingerprint density at radius 1 is 0.359 bits per heavy atom. The van der Waals surface area contributed by atoms with Gasteiger partial charge < -0.3 is 53.8 Å². The maximum atomic E-state index is 11.2. The van der Waals surface area contributed by atoms with Gasteiger partial charge in [-0.25, -0.2) is 34.9 Å². The van der Waals surface area contributed by atoms with Crippen LogP contribution in [0.2, 0.25) is 0 Å². The highest BCUT2D eigenvalue weighted by Gasteiger charge is 2.34. The third-order valence-electron chi connectivity index (χ3n) is 23.7. The largest absolute Gasteiger partial charge is 0.392 e. The highest BCUT2D eigenvalue weighted by molar-refractivity contribution is 9.09. The summed E-state index contributed by atoms with van der Waals surface area (Å²) < 4.78 is 0. The van der Waals surface area contributed by atoms with Gasteiger partial charge in [-0.05, 0) is 183 Å². The Hall–Kier alpha value is -12.4. The average molecular weight is 2250 g/mol. The van der Waals surface area contributed by atoms with Crippen LogP contribution in [0.15, 0.2) is 232 Å². The summed E-state index contributed by atoms with van der Waals surface area (Å²) >= 11 is 24.5. The Morgan fingerprint density at radius 2 is 0.621 bits per heavy atom. The molecule has 8 aromatic carbocycles. The lowest BCUT2D eigenvalue weighted by molar-refractivity contribution is -0.385. The number of nitrogens with zero attached hydrogens (tertiary/aromatic N) is 12. The molecule has 0 aliphatic heterocycles. The molecule has 13 N–H and O–H groups in total. The fourth-order valence-corrected chi connectivity index (χ4v) is 22.4. The van der Waals surface area contributed by atoms with E-state index in [1.165, 1.54) is 148 Å². The number of hydrogen-bond acceptors (Lipinski definition) is 33. The van der Waals surface area contributed by atoms with Gasteiger partial charge in [0.05, 0.1) is 145 Å². The minimum Gasteiger partial charge on any atom is -0.392 e. The number of nitrogens with two attached hydrogens (primary N) is 3. The summed E-state index contributed by atoms with van der Waals surface area (Å²) in [4.78, 5) is 96.5. The van der Waals surface area contributed by atoms with Crippen molar-refractivity contribution in [2.24, 2.45) is 17.2 Å². The first-order chi connectivity index (χ1) is 69.6. The van der Waals surface area contributed by atoms with Crippen molar-refractivity contribution in [1.29, 1.82) is 0 Å². The van der Waals surface area contributed by atoms with Crippen LogP contribution in [0, 0.1) is 50.6 Å². The number of thiazole rings is 7. The molecule has 0 bridgehead atoms. The van der Waals surface area contributed by atoms with Crippen LogP contribution in [0.5, 0.6) is 0 Å². The van der Waals surface area contributed by atoms with E-state index in [-0.39, 0.29) is 121 Å². The number of ketones is 1. The van der Waals surface area contributed by atoms with Crippen LogP contribution in [-0.2, 0) is 51.9 Å². The Kier molecular flexibility index (Phi) is 38.9. The van der Waals surface area contributed by atoms with Crippen molar-refractivity contribution in [3.8, 4) is 22.5 Å². The normalized spacial score (nSPS) is 14.3. The maximum absolute atomic E-state index is 11.2. The maximum Gasteiger partial charge on any atom is 0.269 e. The number of alkyl halides is 1. The molecule has 44 heteroatoms. The molecule has 7 heterocycles. The Labute approximate surface area is 891 Å². The number of benzene rings is 8. The van der Waals surface area contributed by atoms with Crippen molar-refractivity contribution >= 4 is 191 Å². The average Bonchev–Trinajstić information content (AvgIpc) is 1.68. The van der Waals surface area contributed by atoms with Gasteiger partial charge >= 0.3 is 0 Å². The standard InChI is InChI=1S/2C24H22N4O3S2.2C15H16N4O2S2.C14H15N3O2S.C9H9BrO2.BrH/c2*29-12-16-2-1-3-18(10-16)21-13-33-24(27-21)26-20(22-14-32-23(25-22)17-6-7-17)11-15-4-8-19(9-5-15)28(30)31;2*16-15(22)18-12(13-8-23-14(17-13)10-3-4-10)7-9-1-5-11(6-2-9)19(20)21;15-12(13-8-20-14(16-13)10-3-4-10)7-9-1-5-11(6-2-9)17(18)19;10-5-9(12)8-3-1-2-7(4-8)6-11;/h2*1-5,8-10,13-14,17,20,29H,6-7,11-12H2,(H,26,27);2*1-2,5-6,8,10,12H,3-4,7H2,(H3,16,18,22);1-2,5-6,8,10,12H,3-4,7,15H2;1-4,11H,5-6H2;1H/t2*20-;3*12-;;/m00000../s1. The van der Waals surface area contributed by atoms with E-state index in [9.17, 15) is 65.6 Å². The lowest BCUT2D eigenvalue weighted by Gasteiger charge is -2.17. The van der Waals surface area contributed by atoms with Crippen molar-refractivity contribution in [2.45, 2.75) is 176 Å². The van der Waals surface area contributed by atoms with Crippen LogP contribution in [0.3, 0.4) is 0 Å². The molecule has 15 aromatic rings. The Balaban J connectivity index is 0.000000141. The van der Waals surface area contributed by atoms with Gasteiger partial charge in [0.1, 0.15) is 0 Å². The number of carbonyl (C=O) groups is 1. The second kappa shape index (κ2) is 52.1. The number of nitrogens with one attached hydrogen (secondary N) is 4. The molecule has 0 amide bonds. The minimum absolute atomic E-state index is 0. The van der Waals surface area contributed by atoms with Crippen molar-refractivity contribution in [1.82, 2.24) is 45.5 Å². The molecule has 5 aliphatic rings. The number of non-ortho nitro benzene ring substituents is 5. The number of aliphatic hydroxyl groups excluding tert-OH is 3. The first-order valence-electron chi connectivity index (χ1n) is 46.1. The van der Waals surface area contributed by atoms with E-state index in [0.717, 1.165) is 106 Å². The van der Waals surface area contributed by atoms with E-state index in [2.05, 4.69) is 52.9 Å². The smallest absolute Gasteiger partial charge is 0.269 e. The fourth-order valence-electron chi connectivity index (χ4n) is 15.1. The van der Waals surface area contributed by atoms with Gasteiger partial charge in [0.2, 0.25) is 0 Å². The van der Waals surface area contributed by atoms with Crippen molar-refractivity contribution in [3.63, 3.8) is 0 Å². The Morgan fingerprint density at radius 3 is 0.897 bits per heavy atom. The fraction of sp³-hybridized carbons (Fsp3) is 0.287. The first-order valence-corrected chi connectivity index (χ1v) is 54.2. The minimum atomic E-state index is -0.406. The van der Waals surface area contributed by atoms with Crippen LogP contribution in [0.4, 0.5) is 38.7 Å². The molecular formula is C101H101Br2N19O14S9. The molecular weight excluding hydrogens is 2150 g/mol. The quantitative estimate of drug-likeness (QED) is 0.00565. The van der Waals surface area contributed by atoms with Gasteiger partial charge in [0, 0.05) is 145 Å². The number of halogens is 2. The zero-order chi connectivity index (χ0) is 101. The molecule has 752 valence electrons.